The molecule has 1 N–H and O–H groups in total. The molecule has 0 amide bonds. The monoisotopic (exact) mass is 303 g/mol. The van der Waals surface area contributed by atoms with Crippen molar-refractivity contribution in [2.75, 3.05) is 20.3 Å². The van der Waals surface area contributed by atoms with Crippen LogP contribution >= 0.6 is 15.9 Å². The summed E-state index contributed by atoms with van der Waals surface area (Å²) in [7, 11) is 1.74. The summed E-state index contributed by atoms with van der Waals surface area (Å²) in [6.45, 7) is 6.93. The number of halogens is 1. The predicted octanol–water partition coefficient (Wildman–Crippen LogP) is 2.74. The summed E-state index contributed by atoms with van der Waals surface area (Å²) < 4.78 is 8.32. The third-order valence-corrected chi connectivity index (χ3v) is 3.27. The van der Waals surface area contributed by atoms with Gasteiger partial charge in [-0.3, -0.25) is 4.68 Å². The van der Waals surface area contributed by atoms with Crippen LogP contribution in [0.1, 0.15) is 38.4 Å². The first-order valence-corrected chi connectivity index (χ1v) is 6.97. The molecule has 0 aromatic carbocycles. The second-order valence-corrected chi connectivity index (χ2v) is 4.85. The van der Waals surface area contributed by atoms with Gasteiger partial charge < -0.3 is 10.1 Å². The van der Waals surface area contributed by atoms with Gasteiger partial charge in [-0.15, -0.1) is 0 Å². The van der Waals surface area contributed by atoms with E-state index in [-0.39, 0.29) is 0 Å². The van der Waals surface area contributed by atoms with E-state index in [0.717, 1.165) is 37.0 Å². The molecule has 1 aromatic rings. The van der Waals surface area contributed by atoms with Gasteiger partial charge >= 0.3 is 0 Å². The molecule has 1 atom stereocenters. The third kappa shape index (κ3) is 4.08. The lowest BCUT2D eigenvalue weighted by Gasteiger charge is -2.19. The number of aromatic nitrogens is 2. The molecular weight excluding hydrogens is 282 g/mol. The van der Waals surface area contributed by atoms with E-state index in [1.807, 2.05) is 6.20 Å². The zero-order chi connectivity index (χ0) is 12.7. The van der Waals surface area contributed by atoms with Crippen LogP contribution in [0.4, 0.5) is 0 Å². The van der Waals surface area contributed by atoms with E-state index in [4.69, 9.17) is 4.74 Å². The zero-order valence-corrected chi connectivity index (χ0v) is 12.5. The van der Waals surface area contributed by atoms with Gasteiger partial charge in [-0.25, -0.2) is 0 Å². The van der Waals surface area contributed by atoms with E-state index in [2.05, 4.69) is 44.9 Å². The Morgan fingerprint density at radius 1 is 1.53 bits per heavy atom. The summed E-state index contributed by atoms with van der Waals surface area (Å²) in [6.07, 6.45) is 3.92. The molecule has 1 unspecified atom stereocenters. The fourth-order valence-corrected chi connectivity index (χ4v) is 2.50. The van der Waals surface area contributed by atoms with E-state index in [1.54, 1.807) is 7.11 Å². The molecule has 0 saturated carbocycles. The summed E-state index contributed by atoms with van der Waals surface area (Å²) in [5, 5.41) is 7.89. The molecule has 0 saturated heterocycles. The highest BCUT2D eigenvalue weighted by atomic mass is 79.9. The van der Waals surface area contributed by atoms with Crippen LogP contribution in [-0.2, 0) is 11.3 Å². The van der Waals surface area contributed by atoms with Gasteiger partial charge in [0.15, 0.2) is 0 Å². The third-order valence-electron chi connectivity index (χ3n) is 2.66. The maximum atomic E-state index is 5.17. The van der Waals surface area contributed by atoms with Crippen molar-refractivity contribution >= 4 is 15.9 Å². The minimum Gasteiger partial charge on any atom is -0.385 e. The van der Waals surface area contributed by atoms with Crippen LogP contribution in [-0.4, -0.2) is 30.0 Å². The predicted molar refractivity (Wildman–Crippen MR) is 73.1 cm³/mol. The quantitative estimate of drug-likeness (QED) is 0.802. The molecule has 0 fully saturated rings. The Morgan fingerprint density at radius 3 is 2.88 bits per heavy atom. The van der Waals surface area contributed by atoms with Crippen molar-refractivity contribution in [2.24, 2.45) is 0 Å². The number of hydrogen-bond acceptors (Lipinski definition) is 3. The maximum absolute atomic E-state index is 5.17. The second kappa shape index (κ2) is 7.84. The molecule has 1 rings (SSSR count). The Balaban J connectivity index is 2.86. The molecule has 0 aliphatic rings. The Bertz CT molecular complexity index is 328. The Hall–Kier alpha value is -0.390. The number of nitrogens with zero attached hydrogens (tertiary/aromatic N) is 2. The smallest absolute Gasteiger partial charge is 0.0696 e. The SMILES string of the molecule is CCCn1ncc(Br)c1C(CCOC)NCC. The van der Waals surface area contributed by atoms with Crippen LogP contribution < -0.4 is 5.32 Å². The number of rotatable bonds is 8. The van der Waals surface area contributed by atoms with Gasteiger partial charge in [-0.2, -0.15) is 5.10 Å². The van der Waals surface area contributed by atoms with E-state index >= 15 is 0 Å². The number of hydrogen-bond donors (Lipinski definition) is 1. The molecule has 0 spiro atoms. The highest BCUT2D eigenvalue weighted by Crippen LogP contribution is 2.25. The van der Waals surface area contributed by atoms with E-state index in [0.29, 0.717) is 6.04 Å². The molecular formula is C12H22BrN3O. The van der Waals surface area contributed by atoms with Gasteiger partial charge in [0.1, 0.15) is 0 Å². The molecule has 5 heteroatoms. The minimum absolute atomic E-state index is 0.295. The van der Waals surface area contributed by atoms with Crippen molar-refractivity contribution < 1.29 is 4.74 Å². The molecule has 1 heterocycles. The van der Waals surface area contributed by atoms with Crippen molar-refractivity contribution in [1.82, 2.24) is 15.1 Å². The molecule has 1 aromatic heterocycles. The normalized spacial score (nSPS) is 12.9. The van der Waals surface area contributed by atoms with Crippen LogP contribution in [0.25, 0.3) is 0 Å². The number of aryl methyl sites for hydroxylation is 1. The molecule has 4 nitrogen and oxygen atoms in total. The summed E-state index contributed by atoms with van der Waals surface area (Å²) in [5.41, 5.74) is 1.23. The lowest BCUT2D eigenvalue weighted by Crippen LogP contribution is -2.25. The second-order valence-electron chi connectivity index (χ2n) is 3.99. The molecule has 0 bridgehead atoms. The van der Waals surface area contributed by atoms with Gasteiger partial charge in [-0.1, -0.05) is 13.8 Å². The summed E-state index contributed by atoms with van der Waals surface area (Å²) in [5.74, 6) is 0. The first kappa shape index (κ1) is 14.7. The standard InChI is InChI=1S/C12H22BrN3O/c1-4-7-16-12(10(13)9-15-16)11(14-5-2)6-8-17-3/h9,11,14H,4-8H2,1-3H3. The van der Waals surface area contributed by atoms with E-state index in [1.165, 1.54) is 5.69 Å². The molecule has 98 valence electrons. The van der Waals surface area contributed by atoms with Gasteiger partial charge in [0.25, 0.3) is 0 Å². The number of nitrogens with one attached hydrogen (secondary N) is 1. The Morgan fingerprint density at radius 2 is 2.29 bits per heavy atom. The number of ether oxygens (including phenoxy) is 1. The highest BCUT2D eigenvalue weighted by Gasteiger charge is 2.18. The van der Waals surface area contributed by atoms with Crippen molar-refractivity contribution in [2.45, 2.75) is 39.3 Å². The summed E-state index contributed by atoms with van der Waals surface area (Å²) in [4.78, 5) is 0. The zero-order valence-electron chi connectivity index (χ0n) is 10.9. The first-order chi connectivity index (χ1) is 8.24. The van der Waals surface area contributed by atoms with E-state index < -0.39 is 0 Å². The highest BCUT2D eigenvalue weighted by molar-refractivity contribution is 9.10. The lowest BCUT2D eigenvalue weighted by atomic mass is 10.1. The average molecular weight is 304 g/mol. The van der Waals surface area contributed by atoms with Gasteiger partial charge in [0.05, 0.1) is 22.4 Å². The van der Waals surface area contributed by atoms with Crippen LogP contribution in [0.2, 0.25) is 0 Å². The van der Waals surface area contributed by atoms with Crippen LogP contribution in [0.15, 0.2) is 10.7 Å². The van der Waals surface area contributed by atoms with Crippen molar-refractivity contribution in [3.05, 3.63) is 16.4 Å². The molecule has 17 heavy (non-hydrogen) atoms. The fourth-order valence-electron chi connectivity index (χ4n) is 1.93. The Kier molecular flexibility index (Phi) is 6.77. The molecule has 0 radical (unpaired) electrons. The lowest BCUT2D eigenvalue weighted by molar-refractivity contribution is 0.181. The average Bonchev–Trinajstić information content (AvgIpc) is 2.67. The van der Waals surface area contributed by atoms with Crippen molar-refractivity contribution in [3.8, 4) is 0 Å². The molecule has 0 aliphatic carbocycles. The van der Waals surface area contributed by atoms with Crippen LogP contribution in [0.3, 0.4) is 0 Å². The van der Waals surface area contributed by atoms with Crippen molar-refractivity contribution in [3.63, 3.8) is 0 Å². The van der Waals surface area contributed by atoms with Gasteiger partial charge in [0.2, 0.25) is 0 Å². The van der Waals surface area contributed by atoms with Crippen molar-refractivity contribution in [1.29, 1.82) is 0 Å². The largest absolute Gasteiger partial charge is 0.385 e. The Labute approximate surface area is 112 Å². The maximum Gasteiger partial charge on any atom is 0.0696 e. The summed E-state index contributed by atoms with van der Waals surface area (Å²) >= 11 is 3.59. The van der Waals surface area contributed by atoms with Gasteiger partial charge in [0, 0.05) is 20.3 Å². The van der Waals surface area contributed by atoms with Crippen LogP contribution in [0.5, 0.6) is 0 Å². The van der Waals surface area contributed by atoms with E-state index in [9.17, 15) is 0 Å². The van der Waals surface area contributed by atoms with Gasteiger partial charge in [-0.05, 0) is 35.3 Å². The molecule has 0 aliphatic heterocycles. The first-order valence-electron chi connectivity index (χ1n) is 6.18. The topological polar surface area (TPSA) is 39.1 Å². The number of methoxy groups -OCH3 is 1. The minimum atomic E-state index is 0.295. The van der Waals surface area contributed by atoms with Crippen LogP contribution in [0, 0.1) is 0 Å². The fraction of sp³-hybridized carbons (Fsp3) is 0.750. The summed E-state index contributed by atoms with van der Waals surface area (Å²) in [6, 6.07) is 0.295.